The molecule has 1 aromatic heterocycles. The number of hydrogen-bond acceptors (Lipinski definition) is 4. The number of ketones is 1. The maximum absolute atomic E-state index is 13.6. The van der Waals surface area contributed by atoms with E-state index >= 15 is 0 Å². The Kier molecular flexibility index (Phi) is 4.34. The summed E-state index contributed by atoms with van der Waals surface area (Å²) in [5.74, 6) is -0.337. The van der Waals surface area contributed by atoms with E-state index in [0.29, 0.717) is 16.0 Å². The summed E-state index contributed by atoms with van der Waals surface area (Å²) >= 11 is 3.30. The summed E-state index contributed by atoms with van der Waals surface area (Å²) in [5, 5.41) is 0. The van der Waals surface area contributed by atoms with Crippen LogP contribution in [-0.2, 0) is 0 Å². The Balaban J connectivity index is 2.56. The minimum Gasteiger partial charge on any atom is -0.495 e. The SMILES string of the molecule is COc1ccc(C(=O)c2ccncc2F)c(OC)c1Br. The highest BCUT2D eigenvalue weighted by atomic mass is 79.9. The third-order valence-electron chi connectivity index (χ3n) is 2.75. The number of carbonyl (C=O) groups is 1. The van der Waals surface area contributed by atoms with Crippen molar-refractivity contribution in [3.63, 3.8) is 0 Å². The van der Waals surface area contributed by atoms with Gasteiger partial charge in [0.05, 0.1) is 31.5 Å². The fourth-order valence-electron chi connectivity index (χ4n) is 1.78. The van der Waals surface area contributed by atoms with Gasteiger partial charge in [0, 0.05) is 6.20 Å². The first kappa shape index (κ1) is 14.5. The lowest BCUT2D eigenvalue weighted by molar-refractivity contribution is 0.103. The van der Waals surface area contributed by atoms with E-state index in [9.17, 15) is 9.18 Å². The molecule has 4 nitrogen and oxygen atoms in total. The number of hydrogen-bond donors (Lipinski definition) is 0. The lowest BCUT2D eigenvalue weighted by atomic mass is 10.0. The number of nitrogens with zero attached hydrogens (tertiary/aromatic N) is 1. The van der Waals surface area contributed by atoms with Crippen molar-refractivity contribution in [2.24, 2.45) is 0 Å². The Bertz CT molecular complexity index is 661. The van der Waals surface area contributed by atoms with Crippen LogP contribution < -0.4 is 9.47 Å². The van der Waals surface area contributed by atoms with Gasteiger partial charge in [-0.05, 0) is 34.1 Å². The first-order chi connectivity index (χ1) is 9.60. The second-order valence-electron chi connectivity index (χ2n) is 3.85. The van der Waals surface area contributed by atoms with Crippen molar-refractivity contribution in [2.45, 2.75) is 0 Å². The van der Waals surface area contributed by atoms with Crippen LogP contribution in [0.3, 0.4) is 0 Å². The predicted molar refractivity (Wildman–Crippen MR) is 74.9 cm³/mol. The zero-order valence-corrected chi connectivity index (χ0v) is 12.4. The van der Waals surface area contributed by atoms with E-state index in [-0.39, 0.29) is 11.1 Å². The van der Waals surface area contributed by atoms with Gasteiger partial charge in [0.2, 0.25) is 0 Å². The molecule has 1 aromatic carbocycles. The van der Waals surface area contributed by atoms with E-state index in [1.165, 1.54) is 32.5 Å². The zero-order chi connectivity index (χ0) is 14.7. The van der Waals surface area contributed by atoms with Crippen molar-refractivity contribution >= 4 is 21.7 Å². The smallest absolute Gasteiger partial charge is 0.199 e. The summed E-state index contributed by atoms with van der Waals surface area (Å²) in [7, 11) is 2.93. The number of methoxy groups -OCH3 is 2. The average Bonchev–Trinajstić information content (AvgIpc) is 2.46. The summed E-state index contributed by atoms with van der Waals surface area (Å²) in [4.78, 5) is 16.0. The van der Waals surface area contributed by atoms with Crippen LogP contribution in [0.4, 0.5) is 4.39 Å². The highest BCUT2D eigenvalue weighted by Gasteiger charge is 2.21. The number of carbonyl (C=O) groups excluding carboxylic acids is 1. The quantitative estimate of drug-likeness (QED) is 0.802. The second kappa shape index (κ2) is 6.00. The maximum atomic E-state index is 13.6. The van der Waals surface area contributed by atoms with E-state index in [0.717, 1.165) is 6.20 Å². The van der Waals surface area contributed by atoms with Gasteiger partial charge in [0.15, 0.2) is 11.6 Å². The number of aromatic nitrogens is 1. The van der Waals surface area contributed by atoms with Gasteiger partial charge < -0.3 is 9.47 Å². The Morgan fingerprint density at radius 2 is 1.95 bits per heavy atom. The molecule has 2 rings (SSSR count). The third kappa shape index (κ3) is 2.51. The molecule has 0 saturated heterocycles. The van der Waals surface area contributed by atoms with Gasteiger partial charge in [-0.1, -0.05) is 0 Å². The van der Waals surface area contributed by atoms with Gasteiger partial charge in [-0.3, -0.25) is 9.78 Å². The second-order valence-corrected chi connectivity index (χ2v) is 4.64. The number of ether oxygens (including phenoxy) is 2. The van der Waals surface area contributed by atoms with Crippen LogP contribution in [0.25, 0.3) is 0 Å². The highest BCUT2D eigenvalue weighted by molar-refractivity contribution is 9.10. The van der Waals surface area contributed by atoms with E-state index < -0.39 is 11.6 Å². The highest BCUT2D eigenvalue weighted by Crippen LogP contribution is 2.38. The van der Waals surface area contributed by atoms with Crippen molar-refractivity contribution in [1.82, 2.24) is 4.98 Å². The van der Waals surface area contributed by atoms with Gasteiger partial charge >= 0.3 is 0 Å². The molecule has 0 amide bonds. The molecule has 0 saturated carbocycles. The molecule has 6 heteroatoms. The molecule has 20 heavy (non-hydrogen) atoms. The van der Waals surface area contributed by atoms with Crippen molar-refractivity contribution in [3.8, 4) is 11.5 Å². The molecule has 0 aliphatic carbocycles. The number of halogens is 2. The van der Waals surface area contributed by atoms with Crippen LogP contribution in [0.5, 0.6) is 11.5 Å². The van der Waals surface area contributed by atoms with Gasteiger partial charge in [0.1, 0.15) is 16.0 Å². The van der Waals surface area contributed by atoms with Gasteiger partial charge in [-0.25, -0.2) is 4.39 Å². The zero-order valence-electron chi connectivity index (χ0n) is 10.8. The van der Waals surface area contributed by atoms with E-state index in [2.05, 4.69) is 20.9 Å². The molecule has 0 aliphatic rings. The molecule has 0 fully saturated rings. The summed E-state index contributed by atoms with van der Waals surface area (Å²) < 4.78 is 24.5. The van der Waals surface area contributed by atoms with Crippen LogP contribution in [-0.4, -0.2) is 25.0 Å². The normalized spacial score (nSPS) is 10.2. The fraction of sp³-hybridized carbons (Fsp3) is 0.143. The van der Waals surface area contributed by atoms with Crippen molar-refractivity contribution in [1.29, 1.82) is 0 Å². The lowest BCUT2D eigenvalue weighted by Gasteiger charge is -2.12. The first-order valence-electron chi connectivity index (χ1n) is 5.64. The van der Waals surface area contributed by atoms with Gasteiger partial charge in [-0.15, -0.1) is 0 Å². The standard InChI is InChI=1S/C14H11BrFNO3/c1-19-11-4-3-9(14(20-2)12(11)15)13(18)8-5-6-17-7-10(8)16/h3-7H,1-2H3. The molecular formula is C14H11BrFNO3. The van der Waals surface area contributed by atoms with Gasteiger partial charge in [-0.2, -0.15) is 0 Å². The van der Waals surface area contributed by atoms with Crippen molar-refractivity contribution in [2.75, 3.05) is 14.2 Å². The Morgan fingerprint density at radius 3 is 2.55 bits per heavy atom. The summed E-state index contributed by atoms with van der Waals surface area (Å²) in [6, 6.07) is 4.47. The minimum absolute atomic E-state index is 0.0598. The molecule has 0 bridgehead atoms. The first-order valence-corrected chi connectivity index (χ1v) is 6.44. The molecule has 0 aliphatic heterocycles. The molecule has 0 unspecified atom stereocenters. The largest absolute Gasteiger partial charge is 0.495 e. The van der Waals surface area contributed by atoms with E-state index in [1.54, 1.807) is 6.07 Å². The maximum Gasteiger partial charge on any atom is 0.199 e. The molecule has 0 N–H and O–H groups in total. The van der Waals surface area contributed by atoms with E-state index in [4.69, 9.17) is 9.47 Å². The molecule has 0 radical (unpaired) electrons. The minimum atomic E-state index is -0.675. The van der Waals surface area contributed by atoms with Crippen LogP contribution in [0.1, 0.15) is 15.9 Å². The summed E-state index contributed by atoms with van der Waals surface area (Å²) in [6.07, 6.45) is 2.36. The van der Waals surface area contributed by atoms with Crippen LogP contribution in [0.2, 0.25) is 0 Å². The lowest BCUT2D eigenvalue weighted by Crippen LogP contribution is -2.07. The topological polar surface area (TPSA) is 48.4 Å². The molecule has 0 atom stereocenters. The van der Waals surface area contributed by atoms with Gasteiger partial charge in [0.25, 0.3) is 0 Å². The van der Waals surface area contributed by atoms with Crippen LogP contribution in [0.15, 0.2) is 35.1 Å². The van der Waals surface area contributed by atoms with Crippen LogP contribution >= 0.6 is 15.9 Å². The monoisotopic (exact) mass is 339 g/mol. The van der Waals surface area contributed by atoms with Crippen LogP contribution in [0, 0.1) is 5.82 Å². The Hall–Kier alpha value is -1.95. The molecule has 0 spiro atoms. The third-order valence-corrected chi connectivity index (χ3v) is 3.50. The Morgan fingerprint density at radius 1 is 1.20 bits per heavy atom. The predicted octanol–water partition coefficient (Wildman–Crippen LogP) is 3.23. The van der Waals surface area contributed by atoms with E-state index in [1.807, 2.05) is 0 Å². The summed E-state index contributed by atoms with van der Waals surface area (Å²) in [5.41, 5.74) is 0.181. The number of rotatable bonds is 4. The van der Waals surface area contributed by atoms with Crippen molar-refractivity contribution < 1.29 is 18.7 Å². The number of pyridine rings is 1. The Labute approximate surface area is 123 Å². The average molecular weight is 340 g/mol. The number of benzene rings is 1. The molecule has 2 aromatic rings. The molecule has 104 valence electrons. The summed E-state index contributed by atoms with van der Waals surface area (Å²) in [6.45, 7) is 0. The molecular weight excluding hydrogens is 329 g/mol. The fourth-order valence-corrected chi connectivity index (χ4v) is 2.45. The van der Waals surface area contributed by atoms with Crippen molar-refractivity contribution in [3.05, 3.63) is 52.0 Å². The molecule has 1 heterocycles.